The van der Waals surface area contributed by atoms with Crippen LogP contribution in [0, 0.1) is 11.7 Å². The first kappa shape index (κ1) is 22.8. The zero-order valence-corrected chi connectivity index (χ0v) is 17.3. The van der Waals surface area contributed by atoms with E-state index in [1.165, 1.54) is 29.9 Å². The lowest BCUT2D eigenvalue weighted by Crippen LogP contribution is -2.49. The van der Waals surface area contributed by atoms with Gasteiger partial charge in [-0.05, 0) is 54.2 Å². The third-order valence-electron chi connectivity index (χ3n) is 5.49. The Hall–Kier alpha value is -1.48. The zero-order chi connectivity index (χ0) is 17.8. The van der Waals surface area contributed by atoms with Gasteiger partial charge in [-0.15, -0.1) is 29.9 Å². The van der Waals surface area contributed by atoms with E-state index in [1.807, 2.05) is 0 Å². The molecule has 1 aromatic carbocycles. The van der Waals surface area contributed by atoms with Crippen LogP contribution in [0.5, 0.6) is 5.75 Å². The van der Waals surface area contributed by atoms with Crippen molar-refractivity contribution in [2.45, 2.75) is 31.7 Å². The number of rotatable bonds is 5. The Morgan fingerprint density at radius 3 is 2.50 bits per heavy atom. The van der Waals surface area contributed by atoms with Gasteiger partial charge in [-0.3, -0.25) is 4.90 Å². The lowest BCUT2D eigenvalue weighted by Gasteiger charge is -2.39. The van der Waals surface area contributed by atoms with Crippen LogP contribution in [0.1, 0.15) is 25.7 Å². The Labute approximate surface area is 176 Å². The van der Waals surface area contributed by atoms with Gasteiger partial charge >= 0.3 is 0 Å². The van der Waals surface area contributed by atoms with Crippen molar-refractivity contribution in [1.82, 2.24) is 30.4 Å². The molecule has 2 fully saturated rings. The predicted octanol–water partition coefficient (Wildman–Crippen LogP) is 2.49. The van der Waals surface area contributed by atoms with Gasteiger partial charge in [0.1, 0.15) is 6.33 Å². The maximum atomic E-state index is 14.3. The third kappa shape index (κ3) is 5.53. The molecule has 10 heteroatoms. The SMILES string of the molecule is Cl.Cl.Fc1cc(-n2cnnn2)ccc1OCC1CCC(N2CCNCC2)CC1. The second kappa shape index (κ2) is 10.9. The van der Waals surface area contributed by atoms with E-state index in [2.05, 4.69) is 25.7 Å². The van der Waals surface area contributed by atoms with Crippen molar-refractivity contribution in [3.8, 4) is 11.4 Å². The quantitative estimate of drug-likeness (QED) is 0.782. The second-order valence-electron chi connectivity index (χ2n) is 7.14. The average Bonchev–Trinajstić information content (AvgIpc) is 3.23. The van der Waals surface area contributed by atoms with Gasteiger partial charge in [0.25, 0.3) is 0 Å². The highest BCUT2D eigenvalue weighted by molar-refractivity contribution is 5.85. The average molecular weight is 433 g/mol. The van der Waals surface area contributed by atoms with E-state index < -0.39 is 0 Å². The van der Waals surface area contributed by atoms with Gasteiger partial charge in [0.15, 0.2) is 11.6 Å². The summed E-state index contributed by atoms with van der Waals surface area (Å²) in [7, 11) is 0. The van der Waals surface area contributed by atoms with Crippen LogP contribution >= 0.6 is 24.8 Å². The summed E-state index contributed by atoms with van der Waals surface area (Å²) < 4.78 is 21.5. The number of tetrazole rings is 1. The van der Waals surface area contributed by atoms with Crippen molar-refractivity contribution in [2.75, 3.05) is 32.8 Å². The first-order chi connectivity index (χ1) is 12.8. The van der Waals surface area contributed by atoms with Gasteiger partial charge < -0.3 is 10.1 Å². The molecule has 0 atom stereocenters. The highest BCUT2D eigenvalue weighted by Crippen LogP contribution is 2.29. The van der Waals surface area contributed by atoms with Crippen LogP contribution < -0.4 is 10.1 Å². The summed E-state index contributed by atoms with van der Waals surface area (Å²) in [6, 6.07) is 5.52. The van der Waals surface area contributed by atoms with E-state index in [4.69, 9.17) is 4.74 Å². The molecule has 2 aliphatic rings. The molecular weight excluding hydrogens is 406 g/mol. The molecule has 1 saturated heterocycles. The number of hydrogen-bond acceptors (Lipinski definition) is 6. The van der Waals surface area contributed by atoms with Crippen LogP contribution in [0.3, 0.4) is 0 Å². The number of nitrogens with zero attached hydrogens (tertiary/aromatic N) is 5. The lowest BCUT2D eigenvalue weighted by atomic mass is 9.85. The molecule has 7 nitrogen and oxygen atoms in total. The molecule has 28 heavy (non-hydrogen) atoms. The molecule has 0 unspecified atom stereocenters. The van der Waals surface area contributed by atoms with E-state index in [9.17, 15) is 4.39 Å². The molecule has 0 radical (unpaired) electrons. The fourth-order valence-corrected chi connectivity index (χ4v) is 3.96. The maximum absolute atomic E-state index is 14.3. The number of ether oxygens (including phenoxy) is 1. The molecule has 0 bridgehead atoms. The van der Waals surface area contributed by atoms with Gasteiger partial charge in [-0.25, -0.2) is 9.07 Å². The van der Waals surface area contributed by atoms with Crippen molar-refractivity contribution in [3.63, 3.8) is 0 Å². The minimum absolute atomic E-state index is 0. The molecule has 4 rings (SSSR count). The van der Waals surface area contributed by atoms with Gasteiger partial charge in [0.05, 0.1) is 12.3 Å². The summed E-state index contributed by atoms with van der Waals surface area (Å²) in [5.41, 5.74) is 0.580. The second-order valence-corrected chi connectivity index (χ2v) is 7.14. The number of nitrogens with one attached hydrogen (secondary N) is 1. The minimum atomic E-state index is -0.382. The highest BCUT2D eigenvalue weighted by Gasteiger charge is 2.27. The number of aromatic nitrogens is 4. The van der Waals surface area contributed by atoms with E-state index in [1.54, 1.807) is 12.1 Å². The monoisotopic (exact) mass is 432 g/mol. The molecule has 0 amide bonds. The number of halogens is 3. The minimum Gasteiger partial charge on any atom is -0.490 e. The summed E-state index contributed by atoms with van der Waals surface area (Å²) in [4.78, 5) is 2.62. The van der Waals surface area contributed by atoms with Crippen molar-refractivity contribution < 1.29 is 9.13 Å². The number of hydrogen-bond donors (Lipinski definition) is 1. The Balaban J connectivity index is 0.00000140. The molecule has 2 heterocycles. The van der Waals surface area contributed by atoms with Gasteiger partial charge in [-0.1, -0.05) is 0 Å². The highest BCUT2D eigenvalue weighted by atomic mass is 35.5. The topological polar surface area (TPSA) is 68.1 Å². The molecular formula is C18H27Cl2FN6O. The summed E-state index contributed by atoms with van der Waals surface area (Å²) in [6.45, 7) is 5.09. The third-order valence-corrected chi connectivity index (χ3v) is 5.49. The normalized spacial score (nSPS) is 22.8. The van der Waals surface area contributed by atoms with Crippen LogP contribution in [0.4, 0.5) is 4.39 Å². The van der Waals surface area contributed by atoms with E-state index >= 15 is 0 Å². The van der Waals surface area contributed by atoms with Crippen molar-refractivity contribution in [1.29, 1.82) is 0 Å². The molecule has 1 saturated carbocycles. The van der Waals surface area contributed by atoms with E-state index in [0.717, 1.165) is 39.0 Å². The maximum Gasteiger partial charge on any atom is 0.167 e. The molecule has 156 valence electrons. The molecule has 1 N–H and O–H groups in total. The van der Waals surface area contributed by atoms with Gasteiger partial charge in [-0.2, -0.15) is 0 Å². The smallest absolute Gasteiger partial charge is 0.167 e. The fourth-order valence-electron chi connectivity index (χ4n) is 3.96. The van der Waals surface area contributed by atoms with E-state index in [0.29, 0.717) is 30.0 Å². The summed E-state index contributed by atoms with van der Waals surface area (Å²) in [5, 5.41) is 14.3. The predicted molar refractivity (Wildman–Crippen MR) is 109 cm³/mol. The summed E-state index contributed by atoms with van der Waals surface area (Å²) in [5.74, 6) is 0.423. The fraction of sp³-hybridized carbons (Fsp3) is 0.611. The first-order valence-electron chi connectivity index (χ1n) is 9.40. The van der Waals surface area contributed by atoms with Crippen molar-refractivity contribution >= 4 is 24.8 Å². The van der Waals surface area contributed by atoms with E-state index in [-0.39, 0.29) is 30.6 Å². The van der Waals surface area contributed by atoms with Gasteiger partial charge in [0.2, 0.25) is 0 Å². The summed E-state index contributed by atoms with van der Waals surface area (Å²) in [6.07, 6.45) is 6.17. The number of benzene rings is 1. The van der Waals surface area contributed by atoms with Crippen LogP contribution in [0.15, 0.2) is 24.5 Å². The van der Waals surface area contributed by atoms with Crippen LogP contribution in [0.25, 0.3) is 5.69 Å². The summed E-state index contributed by atoms with van der Waals surface area (Å²) >= 11 is 0. The largest absolute Gasteiger partial charge is 0.490 e. The Bertz CT molecular complexity index is 706. The van der Waals surface area contributed by atoms with Crippen molar-refractivity contribution in [3.05, 3.63) is 30.3 Å². The Morgan fingerprint density at radius 1 is 1.11 bits per heavy atom. The first-order valence-corrected chi connectivity index (χ1v) is 9.40. The van der Waals surface area contributed by atoms with Crippen molar-refractivity contribution in [2.24, 2.45) is 5.92 Å². The van der Waals surface area contributed by atoms with Crippen LogP contribution in [0.2, 0.25) is 0 Å². The number of piperazine rings is 1. The van der Waals surface area contributed by atoms with Crippen LogP contribution in [-0.2, 0) is 0 Å². The van der Waals surface area contributed by atoms with Gasteiger partial charge in [0, 0.05) is 38.3 Å². The van der Waals surface area contributed by atoms with Crippen LogP contribution in [-0.4, -0.2) is 63.9 Å². The Kier molecular flexibility index (Phi) is 8.88. The lowest BCUT2D eigenvalue weighted by molar-refractivity contribution is 0.105. The standard InChI is InChI=1S/C18H25FN6O.2ClH/c19-17-11-16(25-13-21-22-23-25)5-6-18(17)26-12-14-1-3-15(4-2-14)24-9-7-20-8-10-24;;/h5-6,11,13-15,20H,1-4,7-10,12H2;2*1H. The molecule has 1 aromatic heterocycles. The molecule has 0 spiro atoms. The molecule has 1 aliphatic heterocycles. The molecule has 2 aromatic rings. The molecule has 1 aliphatic carbocycles. The zero-order valence-electron chi connectivity index (χ0n) is 15.7. The Morgan fingerprint density at radius 2 is 1.86 bits per heavy atom.